The fourth-order valence-electron chi connectivity index (χ4n) is 0.886. The van der Waals surface area contributed by atoms with Crippen LogP contribution in [0, 0.1) is 0 Å². The summed E-state index contributed by atoms with van der Waals surface area (Å²) in [6.45, 7) is 2.27. The summed E-state index contributed by atoms with van der Waals surface area (Å²) in [5, 5.41) is 5.47. The van der Waals surface area contributed by atoms with E-state index in [1.165, 1.54) is 12.0 Å². The van der Waals surface area contributed by atoms with E-state index >= 15 is 0 Å². The molecule has 0 amide bonds. The number of rotatable bonds is 3. The molecule has 0 aromatic carbocycles. The average molecular weight is 219 g/mol. The molecule has 0 saturated heterocycles. The van der Waals surface area contributed by atoms with E-state index in [4.69, 9.17) is 0 Å². The first-order valence-corrected chi connectivity index (χ1v) is 5.49. The molecule has 0 spiro atoms. The summed E-state index contributed by atoms with van der Waals surface area (Å²) >= 11 is 5.22. The van der Waals surface area contributed by atoms with Crippen molar-refractivity contribution in [3.05, 3.63) is 22.4 Å². The number of hydrogen-bond donors (Lipinski definition) is 0. The maximum absolute atomic E-state index is 3.44. The van der Waals surface area contributed by atoms with E-state index in [0.717, 1.165) is 5.33 Å². The number of halogens is 1. The second-order valence-corrected chi connectivity index (χ2v) is 4.01. The highest BCUT2D eigenvalue weighted by Crippen LogP contribution is 2.21. The van der Waals surface area contributed by atoms with Gasteiger partial charge in [0, 0.05) is 5.33 Å². The minimum Gasteiger partial charge on any atom is -0.152 e. The van der Waals surface area contributed by atoms with E-state index in [-0.39, 0.29) is 0 Å². The first kappa shape index (κ1) is 8.28. The van der Waals surface area contributed by atoms with Crippen LogP contribution in [0.25, 0.3) is 0 Å². The highest BCUT2D eigenvalue weighted by molar-refractivity contribution is 9.09. The lowest BCUT2D eigenvalue weighted by molar-refractivity contribution is 0.747. The second-order valence-electron chi connectivity index (χ2n) is 2.44. The zero-order valence-corrected chi connectivity index (χ0v) is 8.41. The molecule has 56 valence electrons. The maximum Gasteiger partial charge on any atom is 0.00370 e. The summed E-state index contributed by atoms with van der Waals surface area (Å²) in [6.07, 6.45) is 1.23. The van der Waals surface area contributed by atoms with Gasteiger partial charge in [0.15, 0.2) is 0 Å². The minimum atomic E-state index is 0.714. The van der Waals surface area contributed by atoms with Crippen LogP contribution in [0.1, 0.15) is 24.8 Å². The van der Waals surface area contributed by atoms with E-state index in [1.54, 1.807) is 11.3 Å². The predicted molar refractivity (Wildman–Crippen MR) is 51.1 cm³/mol. The van der Waals surface area contributed by atoms with Gasteiger partial charge < -0.3 is 0 Å². The molecule has 0 aliphatic carbocycles. The van der Waals surface area contributed by atoms with Crippen LogP contribution < -0.4 is 0 Å². The standard InChI is InChI=1S/C8H11BrS/c1-7(2-4-9)8-3-5-10-6-8/h3,5-7H,2,4H2,1H3. The largest absolute Gasteiger partial charge is 0.152 e. The Labute approximate surface area is 74.4 Å². The molecule has 0 nitrogen and oxygen atoms in total. The normalized spacial score (nSPS) is 13.4. The molecule has 0 bridgehead atoms. The van der Waals surface area contributed by atoms with Crippen molar-refractivity contribution in [2.45, 2.75) is 19.3 Å². The smallest absolute Gasteiger partial charge is 0.00370 e. The Hall–Kier alpha value is 0.180. The minimum absolute atomic E-state index is 0.714. The van der Waals surface area contributed by atoms with Crippen LogP contribution in [0.4, 0.5) is 0 Å². The Morgan fingerprint density at radius 1 is 1.70 bits per heavy atom. The van der Waals surface area contributed by atoms with E-state index in [2.05, 4.69) is 39.7 Å². The van der Waals surface area contributed by atoms with Crippen LogP contribution in [-0.4, -0.2) is 5.33 Å². The molecule has 0 fully saturated rings. The monoisotopic (exact) mass is 218 g/mol. The lowest BCUT2D eigenvalue weighted by atomic mass is 10.0. The van der Waals surface area contributed by atoms with Gasteiger partial charge in [-0.15, -0.1) is 0 Å². The van der Waals surface area contributed by atoms with Crippen molar-refractivity contribution in [2.75, 3.05) is 5.33 Å². The van der Waals surface area contributed by atoms with Gasteiger partial charge in [-0.2, -0.15) is 11.3 Å². The van der Waals surface area contributed by atoms with E-state index < -0.39 is 0 Å². The Balaban J connectivity index is 2.50. The van der Waals surface area contributed by atoms with Gasteiger partial charge in [0.25, 0.3) is 0 Å². The van der Waals surface area contributed by atoms with Crippen LogP contribution in [-0.2, 0) is 0 Å². The third-order valence-corrected chi connectivity index (χ3v) is 2.81. The SMILES string of the molecule is CC(CCBr)c1ccsc1. The lowest BCUT2D eigenvalue weighted by Crippen LogP contribution is -1.90. The molecular weight excluding hydrogens is 208 g/mol. The molecule has 0 aliphatic heterocycles. The molecule has 0 N–H and O–H groups in total. The van der Waals surface area contributed by atoms with Crippen LogP contribution in [0.5, 0.6) is 0 Å². The van der Waals surface area contributed by atoms with Crippen LogP contribution >= 0.6 is 27.3 Å². The summed E-state index contributed by atoms with van der Waals surface area (Å²) in [5.74, 6) is 0.714. The highest BCUT2D eigenvalue weighted by atomic mass is 79.9. The topological polar surface area (TPSA) is 0 Å². The molecule has 10 heavy (non-hydrogen) atoms. The molecule has 0 radical (unpaired) electrons. The van der Waals surface area contributed by atoms with Crippen LogP contribution in [0.3, 0.4) is 0 Å². The van der Waals surface area contributed by atoms with Crippen molar-refractivity contribution in [3.63, 3.8) is 0 Å². The molecular formula is C8H11BrS. The van der Waals surface area contributed by atoms with Gasteiger partial charge in [0.05, 0.1) is 0 Å². The Bertz CT molecular complexity index is 169. The van der Waals surface area contributed by atoms with E-state index in [1.807, 2.05) is 0 Å². The van der Waals surface area contributed by atoms with Crippen molar-refractivity contribution in [3.8, 4) is 0 Å². The van der Waals surface area contributed by atoms with Gasteiger partial charge in [-0.05, 0) is 34.7 Å². The van der Waals surface area contributed by atoms with E-state index in [9.17, 15) is 0 Å². The summed E-state index contributed by atoms with van der Waals surface area (Å²) in [4.78, 5) is 0. The second kappa shape index (κ2) is 4.14. The van der Waals surface area contributed by atoms with Gasteiger partial charge >= 0.3 is 0 Å². The summed E-state index contributed by atoms with van der Waals surface area (Å²) in [6, 6.07) is 2.21. The quantitative estimate of drug-likeness (QED) is 0.681. The van der Waals surface area contributed by atoms with Gasteiger partial charge in [0.1, 0.15) is 0 Å². The molecule has 1 heterocycles. The lowest BCUT2D eigenvalue weighted by Gasteiger charge is -2.05. The van der Waals surface area contributed by atoms with Crippen molar-refractivity contribution in [2.24, 2.45) is 0 Å². The fourth-order valence-corrected chi connectivity index (χ4v) is 2.35. The molecule has 1 atom stereocenters. The molecule has 0 saturated carbocycles. The van der Waals surface area contributed by atoms with E-state index in [0.29, 0.717) is 5.92 Å². The van der Waals surface area contributed by atoms with Crippen LogP contribution in [0.15, 0.2) is 16.8 Å². The molecule has 1 aromatic heterocycles. The third-order valence-electron chi connectivity index (χ3n) is 1.65. The van der Waals surface area contributed by atoms with Gasteiger partial charge in [-0.1, -0.05) is 22.9 Å². The maximum atomic E-state index is 3.44. The number of thiophene rings is 1. The summed E-state index contributed by atoms with van der Waals surface area (Å²) in [5.41, 5.74) is 1.48. The van der Waals surface area contributed by atoms with Gasteiger partial charge in [-0.25, -0.2) is 0 Å². The first-order valence-electron chi connectivity index (χ1n) is 3.42. The van der Waals surface area contributed by atoms with Crippen molar-refractivity contribution in [1.29, 1.82) is 0 Å². The molecule has 2 heteroatoms. The average Bonchev–Trinajstić information content (AvgIpc) is 2.38. The molecule has 1 rings (SSSR count). The fraction of sp³-hybridized carbons (Fsp3) is 0.500. The zero-order valence-electron chi connectivity index (χ0n) is 6.01. The molecule has 1 aromatic rings. The summed E-state index contributed by atoms with van der Waals surface area (Å²) in [7, 11) is 0. The third kappa shape index (κ3) is 2.10. The molecule has 1 unspecified atom stereocenters. The van der Waals surface area contributed by atoms with Crippen molar-refractivity contribution in [1.82, 2.24) is 0 Å². The first-order chi connectivity index (χ1) is 4.84. The van der Waals surface area contributed by atoms with Gasteiger partial charge in [-0.3, -0.25) is 0 Å². The van der Waals surface area contributed by atoms with Crippen LogP contribution in [0.2, 0.25) is 0 Å². The zero-order chi connectivity index (χ0) is 7.40. The highest BCUT2D eigenvalue weighted by Gasteiger charge is 2.03. The van der Waals surface area contributed by atoms with Gasteiger partial charge in [0.2, 0.25) is 0 Å². The Kier molecular flexibility index (Phi) is 3.43. The molecule has 0 aliphatic rings. The van der Waals surface area contributed by atoms with Crippen molar-refractivity contribution < 1.29 is 0 Å². The summed E-state index contributed by atoms with van der Waals surface area (Å²) < 4.78 is 0. The Morgan fingerprint density at radius 3 is 3.00 bits per heavy atom. The number of alkyl halides is 1. The number of hydrogen-bond acceptors (Lipinski definition) is 1. The Morgan fingerprint density at radius 2 is 2.50 bits per heavy atom. The predicted octanol–water partition coefficient (Wildman–Crippen LogP) is 3.64. The van der Waals surface area contributed by atoms with Crippen molar-refractivity contribution >= 4 is 27.3 Å².